The predicted molar refractivity (Wildman–Crippen MR) is 132 cm³/mol. The molecular weight excluding hydrogens is 452 g/mol. The first-order chi connectivity index (χ1) is 16.6. The Balaban J connectivity index is 1.62. The Labute approximate surface area is 210 Å². The maximum atomic E-state index is 12.1. The van der Waals surface area contributed by atoms with E-state index in [1.165, 1.54) is 6.08 Å². The zero-order valence-electron chi connectivity index (χ0n) is 21.9. The lowest BCUT2D eigenvalue weighted by Gasteiger charge is -2.38. The van der Waals surface area contributed by atoms with Crippen molar-refractivity contribution in [3.63, 3.8) is 0 Å². The molecule has 2 saturated heterocycles. The van der Waals surface area contributed by atoms with Gasteiger partial charge in [-0.25, -0.2) is 4.79 Å². The number of esters is 1. The molecule has 0 amide bonds. The monoisotopic (exact) mass is 498 g/mol. The van der Waals surface area contributed by atoms with Gasteiger partial charge in [0.1, 0.15) is 11.9 Å². The van der Waals surface area contributed by atoms with Crippen LogP contribution in [0, 0.1) is 11.8 Å². The first kappa shape index (κ1) is 29.9. The van der Waals surface area contributed by atoms with Crippen LogP contribution in [0.3, 0.4) is 0 Å². The molecule has 2 unspecified atom stereocenters. The van der Waals surface area contributed by atoms with Crippen LogP contribution in [-0.4, -0.2) is 76.9 Å². The Morgan fingerprint density at radius 1 is 1.00 bits per heavy atom. The highest BCUT2D eigenvalue weighted by atomic mass is 16.6. The molecule has 2 rings (SSSR count). The first-order valence-corrected chi connectivity index (χ1v) is 13.2. The maximum Gasteiger partial charge on any atom is 0.330 e. The van der Waals surface area contributed by atoms with E-state index in [1.807, 2.05) is 6.92 Å². The molecule has 2 heterocycles. The third-order valence-corrected chi connectivity index (χ3v) is 7.23. The van der Waals surface area contributed by atoms with Crippen molar-refractivity contribution >= 4 is 11.8 Å². The maximum absolute atomic E-state index is 12.1. The molecule has 0 bridgehead atoms. The number of rotatable bonds is 16. The first-order valence-electron chi connectivity index (χ1n) is 13.2. The Hall–Kier alpha value is -1.32. The summed E-state index contributed by atoms with van der Waals surface area (Å²) < 4.78 is 16.8. The number of aliphatic hydroxyl groups is 3. The molecule has 8 atom stereocenters. The van der Waals surface area contributed by atoms with Crippen molar-refractivity contribution in [1.29, 1.82) is 0 Å². The average Bonchev–Trinajstić information content (AvgIpc) is 3.55. The summed E-state index contributed by atoms with van der Waals surface area (Å²) in [6.45, 7) is 7.77. The fourth-order valence-corrected chi connectivity index (χ4v) is 4.69. The molecule has 0 aromatic heterocycles. The van der Waals surface area contributed by atoms with Crippen LogP contribution in [0.2, 0.25) is 0 Å². The fourth-order valence-electron chi connectivity index (χ4n) is 4.69. The Bertz CT molecular complexity index is 691. The van der Waals surface area contributed by atoms with E-state index < -0.39 is 30.4 Å². The van der Waals surface area contributed by atoms with Crippen LogP contribution in [0.5, 0.6) is 0 Å². The van der Waals surface area contributed by atoms with Crippen molar-refractivity contribution in [1.82, 2.24) is 0 Å². The van der Waals surface area contributed by atoms with Gasteiger partial charge in [-0.05, 0) is 46.5 Å². The summed E-state index contributed by atoms with van der Waals surface area (Å²) in [6.07, 6.45) is 5.89. The van der Waals surface area contributed by atoms with Crippen molar-refractivity contribution in [2.24, 2.45) is 11.8 Å². The number of carbonyl (C=O) groups is 2. The number of Topliss-reactive ketones (excluding diaryl/α,β-unsaturated/α-hetero) is 1. The molecular formula is C27H46O8. The van der Waals surface area contributed by atoms with Gasteiger partial charge in [-0.15, -0.1) is 0 Å². The quantitative estimate of drug-likeness (QED) is 0.128. The van der Waals surface area contributed by atoms with Crippen LogP contribution in [0.25, 0.3) is 0 Å². The minimum Gasteiger partial charge on any atom is -0.463 e. The minimum atomic E-state index is -1.05. The van der Waals surface area contributed by atoms with Crippen molar-refractivity contribution < 1.29 is 39.1 Å². The molecule has 0 spiro atoms. The number of ketones is 1. The Morgan fingerprint density at radius 2 is 1.66 bits per heavy atom. The fraction of sp³-hybridized carbons (Fsp3) is 0.852. The SMILES string of the molecule is CC(=O)CCCCCCCCOC(=O)/C=C(\C)C[C@H]1OC[C@@H](C[C@H]2O[C@@H]2[C@H](C)C(C)O)[C@H](O)C1O. The summed E-state index contributed by atoms with van der Waals surface area (Å²) in [7, 11) is 0. The molecule has 3 N–H and O–H groups in total. The summed E-state index contributed by atoms with van der Waals surface area (Å²) in [5.41, 5.74) is 0.728. The number of unbranched alkanes of at least 4 members (excludes halogenated alkanes) is 5. The molecule has 0 radical (unpaired) electrons. The van der Waals surface area contributed by atoms with E-state index in [-0.39, 0.29) is 29.8 Å². The number of hydrogen-bond donors (Lipinski definition) is 3. The van der Waals surface area contributed by atoms with Crippen LogP contribution in [-0.2, 0) is 23.8 Å². The van der Waals surface area contributed by atoms with Crippen LogP contribution < -0.4 is 0 Å². The van der Waals surface area contributed by atoms with E-state index in [4.69, 9.17) is 14.2 Å². The molecule has 35 heavy (non-hydrogen) atoms. The highest BCUT2D eigenvalue weighted by Crippen LogP contribution is 2.38. The number of hydrogen-bond acceptors (Lipinski definition) is 8. The van der Waals surface area contributed by atoms with Crippen molar-refractivity contribution in [2.75, 3.05) is 13.2 Å². The van der Waals surface area contributed by atoms with E-state index in [0.29, 0.717) is 32.5 Å². The Morgan fingerprint density at radius 3 is 2.31 bits per heavy atom. The second kappa shape index (κ2) is 15.1. The third-order valence-electron chi connectivity index (χ3n) is 7.23. The highest BCUT2D eigenvalue weighted by Gasteiger charge is 2.48. The molecule has 202 valence electrons. The van der Waals surface area contributed by atoms with E-state index in [9.17, 15) is 24.9 Å². The van der Waals surface area contributed by atoms with Gasteiger partial charge in [0.2, 0.25) is 0 Å². The molecule has 2 aliphatic rings. The van der Waals surface area contributed by atoms with Crippen LogP contribution >= 0.6 is 0 Å². The summed E-state index contributed by atoms with van der Waals surface area (Å²) in [5, 5.41) is 30.9. The van der Waals surface area contributed by atoms with Crippen molar-refractivity contribution in [3.8, 4) is 0 Å². The van der Waals surface area contributed by atoms with Gasteiger partial charge in [0.25, 0.3) is 0 Å². The van der Waals surface area contributed by atoms with Gasteiger partial charge in [-0.1, -0.05) is 38.2 Å². The molecule has 8 heteroatoms. The Kier molecular flexibility index (Phi) is 12.9. The molecule has 0 aliphatic carbocycles. The zero-order chi connectivity index (χ0) is 26.0. The normalized spacial score (nSPS) is 30.5. The summed E-state index contributed by atoms with van der Waals surface area (Å²) >= 11 is 0. The van der Waals surface area contributed by atoms with Gasteiger partial charge >= 0.3 is 5.97 Å². The predicted octanol–water partition coefficient (Wildman–Crippen LogP) is 3.10. The smallest absolute Gasteiger partial charge is 0.330 e. The van der Waals surface area contributed by atoms with E-state index in [1.54, 1.807) is 20.8 Å². The standard InChI is InChI=1S/C27H46O8/c1-17(14-24(30)33-12-10-8-6-5-7-9-11-18(2)28)13-22-26(32)25(31)21(16-34-22)15-23-27(35-23)19(3)20(4)29/h14,19-23,25-27,29,31-32H,5-13,15-16H2,1-4H3/b17-14+/t19-,20?,21-,22-,23-,25+,26?,27-/m1/s1. The topological polar surface area (TPSA) is 126 Å². The van der Waals surface area contributed by atoms with Gasteiger partial charge in [-0.3, -0.25) is 0 Å². The lowest BCUT2D eigenvalue weighted by Crippen LogP contribution is -2.50. The van der Waals surface area contributed by atoms with Gasteiger partial charge in [0, 0.05) is 24.3 Å². The van der Waals surface area contributed by atoms with E-state index in [2.05, 4.69) is 0 Å². The largest absolute Gasteiger partial charge is 0.463 e. The third kappa shape index (κ3) is 10.7. The summed E-state index contributed by atoms with van der Waals surface area (Å²) in [6, 6.07) is 0. The van der Waals surface area contributed by atoms with Crippen molar-refractivity contribution in [2.45, 2.75) is 122 Å². The van der Waals surface area contributed by atoms with Gasteiger partial charge in [0.05, 0.1) is 43.7 Å². The van der Waals surface area contributed by atoms with Gasteiger partial charge in [-0.2, -0.15) is 0 Å². The minimum absolute atomic E-state index is 0.0222. The van der Waals surface area contributed by atoms with Gasteiger partial charge < -0.3 is 34.3 Å². The van der Waals surface area contributed by atoms with E-state index in [0.717, 1.165) is 44.1 Å². The molecule has 8 nitrogen and oxygen atoms in total. The molecule has 0 aromatic carbocycles. The van der Waals surface area contributed by atoms with E-state index >= 15 is 0 Å². The highest BCUT2D eigenvalue weighted by molar-refractivity contribution is 5.82. The number of ether oxygens (including phenoxy) is 3. The average molecular weight is 499 g/mol. The summed E-state index contributed by atoms with van der Waals surface area (Å²) in [4.78, 5) is 23.0. The van der Waals surface area contributed by atoms with Crippen LogP contribution in [0.15, 0.2) is 11.6 Å². The number of carbonyl (C=O) groups excluding carboxylic acids is 2. The van der Waals surface area contributed by atoms with Crippen LogP contribution in [0.1, 0.15) is 85.5 Å². The molecule has 0 saturated carbocycles. The molecule has 2 fully saturated rings. The van der Waals surface area contributed by atoms with Gasteiger partial charge in [0.15, 0.2) is 0 Å². The summed E-state index contributed by atoms with van der Waals surface area (Å²) in [5.74, 6) is -0.376. The lowest BCUT2D eigenvalue weighted by atomic mass is 9.85. The second-order valence-corrected chi connectivity index (χ2v) is 10.5. The molecule has 0 aromatic rings. The number of aliphatic hydroxyl groups excluding tert-OH is 3. The zero-order valence-corrected chi connectivity index (χ0v) is 21.9. The van der Waals surface area contributed by atoms with Crippen molar-refractivity contribution in [3.05, 3.63) is 11.6 Å². The second-order valence-electron chi connectivity index (χ2n) is 10.5. The molecule has 2 aliphatic heterocycles. The van der Waals surface area contributed by atoms with Crippen LogP contribution in [0.4, 0.5) is 0 Å². The lowest BCUT2D eigenvalue weighted by molar-refractivity contribution is -0.165. The number of epoxide rings is 1.